The van der Waals surface area contributed by atoms with Gasteiger partial charge in [-0.2, -0.15) is 0 Å². The van der Waals surface area contributed by atoms with E-state index in [1.165, 1.54) is 11.1 Å². The molecule has 0 unspecified atom stereocenters. The number of rotatable bonds is 3. The van der Waals surface area contributed by atoms with Crippen LogP contribution in [-0.4, -0.2) is 120 Å². The third kappa shape index (κ3) is 7.67. The first-order valence-corrected chi connectivity index (χ1v) is 24.0. The average Bonchev–Trinajstić information content (AvgIpc) is 3.28. The molecule has 0 radical (unpaired) electrons. The summed E-state index contributed by atoms with van der Waals surface area (Å²) in [5.74, 6) is 0.841. The largest absolute Gasteiger partial charge is 0.490 e. The Morgan fingerprint density at radius 1 is 0.982 bits per heavy atom. The van der Waals surface area contributed by atoms with Crippen LogP contribution >= 0.6 is 11.6 Å². The number of anilines is 1. The molecule has 0 aromatic heterocycles. The van der Waals surface area contributed by atoms with Crippen molar-refractivity contribution >= 4 is 43.1 Å². The van der Waals surface area contributed by atoms with Crippen LogP contribution in [-0.2, 0) is 36.4 Å². The number of sulfonamides is 1. The van der Waals surface area contributed by atoms with E-state index in [9.17, 15) is 21.6 Å². The average molecular weight is 818 g/mol. The molecule has 2 aliphatic carbocycles. The Hall–Kier alpha value is -2.42. The second kappa shape index (κ2) is 15.1. The molecule has 4 aliphatic heterocycles. The second-order valence-corrected chi connectivity index (χ2v) is 22.3. The minimum Gasteiger partial charge on any atom is -0.490 e. The van der Waals surface area contributed by atoms with E-state index in [0.29, 0.717) is 50.9 Å². The number of ether oxygens (including phenoxy) is 2. The molecule has 6 aliphatic rings. The Kier molecular flexibility index (Phi) is 10.8. The van der Waals surface area contributed by atoms with Crippen molar-refractivity contribution in [3.8, 4) is 5.75 Å². The molecule has 302 valence electrons. The molecule has 11 nitrogen and oxygen atoms in total. The number of hydrogen-bond acceptors (Lipinski definition) is 10. The summed E-state index contributed by atoms with van der Waals surface area (Å²) in [5, 5.41) is -0.0489. The van der Waals surface area contributed by atoms with Gasteiger partial charge in [0.2, 0.25) is 10.0 Å². The van der Waals surface area contributed by atoms with E-state index in [1.807, 2.05) is 32.2 Å². The summed E-state index contributed by atoms with van der Waals surface area (Å²) in [6.45, 7) is 9.25. The van der Waals surface area contributed by atoms with Crippen LogP contribution in [0.15, 0.2) is 36.4 Å². The van der Waals surface area contributed by atoms with Gasteiger partial charge in [0, 0.05) is 75.0 Å². The molecule has 2 aromatic carbocycles. The summed E-state index contributed by atoms with van der Waals surface area (Å²) in [6.07, 6.45) is 7.19. The van der Waals surface area contributed by atoms with Gasteiger partial charge in [-0.25, -0.2) is 21.6 Å². The first kappa shape index (κ1) is 39.4. The van der Waals surface area contributed by atoms with Crippen molar-refractivity contribution in [3.63, 3.8) is 0 Å². The summed E-state index contributed by atoms with van der Waals surface area (Å²) < 4.78 is 68.5. The Morgan fingerprint density at radius 2 is 1.82 bits per heavy atom. The Balaban J connectivity index is 1.17. The predicted molar refractivity (Wildman–Crippen MR) is 215 cm³/mol. The highest BCUT2D eigenvalue weighted by molar-refractivity contribution is 7.91. The summed E-state index contributed by atoms with van der Waals surface area (Å²) in [7, 11) is -5.20. The van der Waals surface area contributed by atoms with Gasteiger partial charge in [0.1, 0.15) is 5.75 Å². The highest BCUT2D eigenvalue weighted by Crippen LogP contribution is 2.50. The molecule has 8 rings (SSSR count). The van der Waals surface area contributed by atoms with Gasteiger partial charge >= 0.3 is 0 Å². The van der Waals surface area contributed by atoms with Crippen LogP contribution in [0.5, 0.6) is 5.75 Å². The number of nitrogens with one attached hydrogen (secondary N) is 1. The Bertz CT molecular complexity index is 2020. The van der Waals surface area contributed by atoms with Crippen molar-refractivity contribution in [3.05, 3.63) is 58.1 Å². The van der Waals surface area contributed by atoms with E-state index in [1.54, 1.807) is 13.0 Å². The highest BCUT2D eigenvalue weighted by Gasteiger charge is 2.51. The first-order chi connectivity index (χ1) is 26.2. The molecule has 3 fully saturated rings. The zero-order valence-electron chi connectivity index (χ0n) is 32.5. The van der Waals surface area contributed by atoms with E-state index >= 15 is 0 Å². The number of amides is 1. The number of methoxy groups -OCH3 is 1. The number of aryl methyl sites for hydroxylation is 1. The van der Waals surface area contributed by atoms with Crippen LogP contribution in [0.3, 0.4) is 0 Å². The molecule has 1 amide bonds. The van der Waals surface area contributed by atoms with Gasteiger partial charge in [-0.1, -0.05) is 31.0 Å². The lowest BCUT2D eigenvalue weighted by atomic mass is 9.62. The summed E-state index contributed by atoms with van der Waals surface area (Å²) in [4.78, 5) is 20.9. The fourth-order valence-corrected chi connectivity index (χ4v) is 13.9. The number of carbonyl (C=O) groups is 1. The number of carbonyl (C=O) groups excluding carboxylic acids is 1. The molecule has 14 heteroatoms. The van der Waals surface area contributed by atoms with Crippen LogP contribution in [0.2, 0.25) is 5.02 Å². The SMILES string of the molecule is CO[C@]1(CN2CCN3CCS(=O)(=O)C[C@H]3C2)CCC[C@H](C)[C@@H](C)S(=O)(=O)NC(=O)c2ccc3c(c2)N(C[C@@H]2CC[C@H]21)C[C@@]1(CCCc2cc(Cl)ccc21)CO3. The van der Waals surface area contributed by atoms with Gasteiger partial charge in [-0.3, -0.25) is 14.6 Å². The lowest BCUT2D eigenvalue weighted by Gasteiger charge is -2.54. The first-order valence-electron chi connectivity index (χ1n) is 20.3. The van der Waals surface area contributed by atoms with E-state index in [4.69, 9.17) is 21.1 Å². The van der Waals surface area contributed by atoms with Gasteiger partial charge in [0.05, 0.1) is 34.7 Å². The zero-order chi connectivity index (χ0) is 38.8. The van der Waals surface area contributed by atoms with Gasteiger partial charge in [-0.15, -0.1) is 0 Å². The van der Waals surface area contributed by atoms with Crippen LogP contribution in [0.25, 0.3) is 0 Å². The molecule has 7 atom stereocenters. The maximum Gasteiger partial charge on any atom is 0.264 e. The summed E-state index contributed by atoms with van der Waals surface area (Å²) in [6, 6.07) is 11.5. The zero-order valence-corrected chi connectivity index (χ0v) is 34.9. The summed E-state index contributed by atoms with van der Waals surface area (Å²) in [5.41, 5.74) is 2.81. The fraction of sp³-hybridized carbons (Fsp3) is 0.683. The Morgan fingerprint density at radius 3 is 2.60 bits per heavy atom. The molecule has 1 saturated carbocycles. The number of piperazine rings is 1. The van der Waals surface area contributed by atoms with Gasteiger partial charge < -0.3 is 14.4 Å². The molecule has 2 bridgehead atoms. The van der Waals surface area contributed by atoms with E-state index in [-0.39, 0.29) is 40.4 Å². The number of nitrogens with zero attached hydrogens (tertiary/aromatic N) is 3. The quantitative estimate of drug-likeness (QED) is 0.458. The minimum absolute atomic E-state index is 0.0154. The third-order valence-corrected chi connectivity index (χ3v) is 18.2. The fourth-order valence-electron chi connectivity index (χ4n) is 10.8. The van der Waals surface area contributed by atoms with Crippen molar-refractivity contribution < 1.29 is 31.1 Å². The Labute approximate surface area is 332 Å². The maximum absolute atomic E-state index is 13.7. The number of benzene rings is 2. The van der Waals surface area contributed by atoms with Gasteiger partial charge in [0.25, 0.3) is 5.91 Å². The molecular weight excluding hydrogens is 760 g/mol. The van der Waals surface area contributed by atoms with E-state index < -0.39 is 36.6 Å². The van der Waals surface area contributed by atoms with Gasteiger partial charge in [0.15, 0.2) is 9.84 Å². The van der Waals surface area contributed by atoms with Crippen molar-refractivity contribution in [1.82, 2.24) is 14.5 Å². The lowest BCUT2D eigenvalue weighted by Crippen LogP contribution is -2.63. The normalized spacial score (nSPS) is 35.2. The number of fused-ring (bicyclic) bond motifs is 5. The number of sulfone groups is 1. The van der Waals surface area contributed by atoms with Crippen LogP contribution < -0.4 is 14.4 Å². The molecule has 1 spiro atoms. The van der Waals surface area contributed by atoms with Crippen LogP contribution in [0.1, 0.15) is 80.3 Å². The molecule has 1 N–H and O–H groups in total. The van der Waals surface area contributed by atoms with E-state index in [2.05, 4.69) is 31.6 Å². The third-order valence-electron chi connectivity index (χ3n) is 14.4. The van der Waals surface area contributed by atoms with Crippen molar-refractivity contribution in [1.29, 1.82) is 0 Å². The molecule has 55 heavy (non-hydrogen) atoms. The highest BCUT2D eigenvalue weighted by atomic mass is 35.5. The smallest absolute Gasteiger partial charge is 0.264 e. The van der Waals surface area contributed by atoms with Crippen molar-refractivity contribution in [2.75, 3.05) is 75.9 Å². The number of halogens is 1. The topological polar surface area (TPSA) is 126 Å². The van der Waals surface area contributed by atoms with Crippen LogP contribution in [0.4, 0.5) is 5.69 Å². The standard InChI is InChI=1S/C41H57ClN4O7S2/c1-28-6-4-15-41(52-3,26-44-16-17-45-18-19-54(48,49)24-34(45)23-44)36-11-8-32(36)22-46-25-40(14-5-7-30-20-33(42)10-12-35(30)40)27-53-38-13-9-31(21-37(38)46)39(47)43-55(50,51)29(28)2/h9-10,12-13,20-21,28-29,32,34,36H,4-8,11,14-19,22-27H2,1-3H3,(H,43,47)/t28-,29+,32-,34+,36+,40-,41-/m0/s1. The lowest BCUT2D eigenvalue weighted by molar-refractivity contribution is -0.135. The van der Waals surface area contributed by atoms with Crippen molar-refractivity contribution in [2.45, 2.75) is 87.5 Å². The van der Waals surface area contributed by atoms with Crippen molar-refractivity contribution in [2.24, 2.45) is 17.8 Å². The molecule has 4 heterocycles. The molecule has 2 aromatic rings. The van der Waals surface area contributed by atoms with Gasteiger partial charge in [-0.05, 0) is 111 Å². The predicted octanol–water partition coefficient (Wildman–Crippen LogP) is 4.91. The second-order valence-electron chi connectivity index (χ2n) is 17.6. The molecular formula is C41H57ClN4O7S2. The molecule has 2 saturated heterocycles. The number of hydrogen-bond donors (Lipinski definition) is 1. The van der Waals surface area contributed by atoms with Crippen LogP contribution in [0, 0.1) is 17.8 Å². The minimum atomic E-state index is -3.97. The van der Waals surface area contributed by atoms with E-state index in [0.717, 1.165) is 75.3 Å². The monoisotopic (exact) mass is 816 g/mol. The maximum atomic E-state index is 13.7. The summed E-state index contributed by atoms with van der Waals surface area (Å²) >= 11 is 6.51.